The highest BCUT2D eigenvalue weighted by Gasteiger charge is 2.11. The number of rotatable bonds is 5. The van der Waals surface area contributed by atoms with Gasteiger partial charge in [-0.1, -0.05) is 13.0 Å². The molecule has 1 N–H and O–H groups in total. The first kappa shape index (κ1) is 12.4. The summed E-state index contributed by atoms with van der Waals surface area (Å²) >= 11 is 0. The van der Waals surface area contributed by atoms with Gasteiger partial charge in [0.15, 0.2) is 0 Å². The van der Waals surface area contributed by atoms with Gasteiger partial charge in [0.2, 0.25) is 0 Å². The summed E-state index contributed by atoms with van der Waals surface area (Å²) < 4.78 is 5.92. The van der Waals surface area contributed by atoms with Crippen molar-refractivity contribution in [1.82, 2.24) is 5.32 Å². The van der Waals surface area contributed by atoms with E-state index in [0.717, 1.165) is 18.8 Å². The fourth-order valence-corrected chi connectivity index (χ4v) is 2.40. The SMILES string of the molecule is CCNCC(C)Oc1ccc2c(c1)CCCC2. The van der Waals surface area contributed by atoms with Crippen molar-refractivity contribution in [3.8, 4) is 5.75 Å². The molecule has 2 nitrogen and oxygen atoms in total. The maximum Gasteiger partial charge on any atom is 0.120 e. The van der Waals surface area contributed by atoms with E-state index in [-0.39, 0.29) is 6.10 Å². The van der Waals surface area contributed by atoms with Gasteiger partial charge in [0.1, 0.15) is 11.9 Å². The largest absolute Gasteiger partial charge is 0.489 e. The molecule has 1 aromatic rings. The number of benzene rings is 1. The quantitative estimate of drug-likeness (QED) is 0.844. The molecule has 94 valence electrons. The van der Waals surface area contributed by atoms with Gasteiger partial charge in [0.25, 0.3) is 0 Å². The van der Waals surface area contributed by atoms with Gasteiger partial charge < -0.3 is 10.1 Å². The van der Waals surface area contributed by atoms with Crippen molar-refractivity contribution in [2.24, 2.45) is 0 Å². The summed E-state index contributed by atoms with van der Waals surface area (Å²) in [7, 11) is 0. The molecule has 0 heterocycles. The minimum Gasteiger partial charge on any atom is -0.489 e. The van der Waals surface area contributed by atoms with E-state index < -0.39 is 0 Å². The van der Waals surface area contributed by atoms with Crippen LogP contribution in [0.5, 0.6) is 5.75 Å². The van der Waals surface area contributed by atoms with E-state index in [1.807, 2.05) is 0 Å². The highest BCUT2D eigenvalue weighted by molar-refractivity contribution is 5.37. The van der Waals surface area contributed by atoms with Gasteiger partial charge in [-0.2, -0.15) is 0 Å². The third-order valence-electron chi connectivity index (χ3n) is 3.34. The van der Waals surface area contributed by atoms with Crippen LogP contribution in [0.3, 0.4) is 0 Å². The highest BCUT2D eigenvalue weighted by atomic mass is 16.5. The first-order valence-corrected chi connectivity index (χ1v) is 6.78. The van der Waals surface area contributed by atoms with E-state index >= 15 is 0 Å². The molecule has 0 aliphatic heterocycles. The minimum absolute atomic E-state index is 0.233. The Bertz CT molecular complexity index is 362. The number of nitrogens with one attached hydrogen (secondary N) is 1. The fourth-order valence-electron chi connectivity index (χ4n) is 2.40. The van der Waals surface area contributed by atoms with E-state index in [1.165, 1.54) is 36.8 Å². The third-order valence-corrected chi connectivity index (χ3v) is 3.34. The second-order valence-corrected chi connectivity index (χ2v) is 4.87. The lowest BCUT2D eigenvalue weighted by molar-refractivity contribution is 0.218. The summed E-state index contributed by atoms with van der Waals surface area (Å²) in [6.45, 7) is 6.14. The lowest BCUT2D eigenvalue weighted by Gasteiger charge is -2.19. The lowest BCUT2D eigenvalue weighted by atomic mass is 9.92. The van der Waals surface area contributed by atoms with Crippen molar-refractivity contribution in [1.29, 1.82) is 0 Å². The Kier molecular flexibility index (Phi) is 4.43. The van der Waals surface area contributed by atoms with Gasteiger partial charge in [-0.15, -0.1) is 0 Å². The van der Waals surface area contributed by atoms with Gasteiger partial charge in [-0.3, -0.25) is 0 Å². The van der Waals surface area contributed by atoms with E-state index in [0.29, 0.717) is 0 Å². The Morgan fingerprint density at radius 3 is 2.76 bits per heavy atom. The molecule has 0 fully saturated rings. The zero-order chi connectivity index (χ0) is 12.1. The first-order valence-electron chi connectivity index (χ1n) is 6.78. The zero-order valence-corrected chi connectivity index (χ0v) is 11.0. The Balaban J connectivity index is 1.97. The van der Waals surface area contributed by atoms with Gasteiger partial charge in [-0.25, -0.2) is 0 Å². The Hall–Kier alpha value is -1.02. The molecule has 0 amide bonds. The van der Waals surface area contributed by atoms with Crippen LogP contribution in [-0.4, -0.2) is 19.2 Å². The summed E-state index contributed by atoms with van der Waals surface area (Å²) in [5.74, 6) is 1.02. The maximum absolute atomic E-state index is 5.92. The van der Waals surface area contributed by atoms with Gasteiger partial charge in [0, 0.05) is 6.54 Å². The third kappa shape index (κ3) is 3.47. The van der Waals surface area contributed by atoms with Crippen molar-refractivity contribution < 1.29 is 4.74 Å². The van der Waals surface area contributed by atoms with Crippen LogP contribution in [0.2, 0.25) is 0 Å². The molecule has 1 aromatic carbocycles. The van der Waals surface area contributed by atoms with E-state index in [4.69, 9.17) is 4.74 Å². The van der Waals surface area contributed by atoms with Crippen LogP contribution >= 0.6 is 0 Å². The van der Waals surface area contributed by atoms with Crippen LogP contribution in [0, 0.1) is 0 Å². The topological polar surface area (TPSA) is 21.3 Å². The number of hydrogen-bond acceptors (Lipinski definition) is 2. The van der Waals surface area contributed by atoms with Crippen LogP contribution in [0.15, 0.2) is 18.2 Å². The Morgan fingerprint density at radius 2 is 2.00 bits per heavy atom. The normalized spacial score (nSPS) is 16.4. The molecule has 2 rings (SSSR count). The van der Waals surface area contributed by atoms with E-state index in [2.05, 4.69) is 37.4 Å². The van der Waals surface area contributed by atoms with Crippen molar-refractivity contribution in [3.05, 3.63) is 29.3 Å². The molecule has 1 aliphatic carbocycles. The average Bonchev–Trinajstić information content (AvgIpc) is 2.36. The maximum atomic E-state index is 5.92. The molecular formula is C15H23NO. The molecule has 17 heavy (non-hydrogen) atoms. The van der Waals surface area contributed by atoms with Crippen molar-refractivity contribution in [3.63, 3.8) is 0 Å². The number of likely N-dealkylation sites (N-methyl/N-ethyl adjacent to an activating group) is 1. The predicted octanol–water partition coefficient (Wildman–Crippen LogP) is 2.94. The molecule has 1 atom stereocenters. The second kappa shape index (κ2) is 6.06. The molecule has 0 radical (unpaired) electrons. The number of hydrogen-bond donors (Lipinski definition) is 1. The molecule has 1 aliphatic rings. The van der Waals surface area contributed by atoms with Gasteiger partial charge >= 0.3 is 0 Å². The van der Waals surface area contributed by atoms with Crippen molar-refractivity contribution >= 4 is 0 Å². The van der Waals surface area contributed by atoms with E-state index in [9.17, 15) is 0 Å². The summed E-state index contributed by atoms with van der Waals surface area (Å²) in [5, 5.41) is 3.31. The van der Waals surface area contributed by atoms with Gasteiger partial charge in [-0.05, 0) is 62.4 Å². The predicted molar refractivity (Wildman–Crippen MR) is 71.7 cm³/mol. The van der Waals surface area contributed by atoms with Crippen LogP contribution in [0.25, 0.3) is 0 Å². The van der Waals surface area contributed by atoms with Crippen LogP contribution < -0.4 is 10.1 Å². The molecule has 2 heteroatoms. The standard InChI is InChI=1S/C15H23NO/c1-3-16-11-12(2)17-15-9-8-13-6-4-5-7-14(13)10-15/h8-10,12,16H,3-7,11H2,1-2H3. The van der Waals surface area contributed by atoms with Crippen LogP contribution in [0.1, 0.15) is 37.8 Å². The molecule has 0 aromatic heterocycles. The Morgan fingerprint density at radius 1 is 1.24 bits per heavy atom. The molecule has 1 unspecified atom stereocenters. The summed E-state index contributed by atoms with van der Waals surface area (Å²) in [5.41, 5.74) is 3.01. The fraction of sp³-hybridized carbons (Fsp3) is 0.600. The number of ether oxygens (including phenoxy) is 1. The van der Waals surface area contributed by atoms with Crippen LogP contribution in [-0.2, 0) is 12.8 Å². The van der Waals surface area contributed by atoms with E-state index in [1.54, 1.807) is 0 Å². The smallest absolute Gasteiger partial charge is 0.120 e. The van der Waals surface area contributed by atoms with Crippen molar-refractivity contribution in [2.45, 2.75) is 45.6 Å². The monoisotopic (exact) mass is 233 g/mol. The zero-order valence-electron chi connectivity index (χ0n) is 11.0. The summed E-state index contributed by atoms with van der Waals surface area (Å²) in [4.78, 5) is 0. The average molecular weight is 233 g/mol. The Labute approximate surface area is 104 Å². The molecule has 0 saturated heterocycles. The molecule has 0 saturated carbocycles. The summed E-state index contributed by atoms with van der Waals surface area (Å²) in [6, 6.07) is 6.59. The summed E-state index contributed by atoms with van der Waals surface area (Å²) in [6.07, 6.45) is 5.35. The first-order chi connectivity index (χ1) is 8.29. The van der Waals surface area contributed by atoms with Crippen LogP contribution in [0.4, 0.5) is 0 Å². The number of fused-ring (bicyclic) bond motifs is 1. The molecular weight excluding hydrogens is 210 g/mol. The van der Waals surface area contributed by atoms with Gasteiger partial charge in [0.05, 0.1) is 0 Å². The van der Waals surface area contributed by atoms with Crippen molar-refractivity contribution in [2.75, 3.05) is 13.1 Å². The number of aryl methyl sites for hydroxylation is 2. The highest BCUT2D eigenvalue weighted by Crippen LogP contribution is 2.25. The molecule has 0 bridgehead atoms. The minimum atomic E-state index is 0.233. The second-order valence-electron chi connectivity index (χ2n) is 4.87. The molecule has 0 spiro atoms. The lowest BCUT2D eigenvalue weighted by Crippen LogP contribution is -2.28.